The highest BCUT2D eigenvalue weighted by atomic mass is 35.5. The van der Waals surface area contributed by atoms with Gasteiger partial charge in [0.2, 0.25) is 0 Å². The van der Waals surface area contributed by atoms with Gasteiger partial charge in [0.1, 0.15) is 5.82 Å². The number of nitrogens with zero attached hydrogens (tertiary/aromatic N) is 1. The van der Waals surface area contributed by atoms with Gasteiger partial charge in [-0.25, -0.2) is 4.39 Å². The maximum Gasteiger partial charge on any atom is 0.123 e. The van der Waals surface area contributed by atoms with Crippen molar-refractivity contribution in [2.75, 3.05) is 19.0 Å². The Bertz CT molecular complexity index is 505. The van der Waals surface area contributed by atoms with E-state index in [0.717, 1.165) is 36.1 Å². The number of hydrogen-bond acceptors (Lipinski definition) is 2. The second-order valence-electron chi connectivity index (χ2n) is 4.37. The molecule has 0 saturated carbocycles. The molecule has 0 N–H and O–H groups in total. The third-order valence-electron chi connectivity index (χ3n) is 2.95. The molecule has 0 aliphatic rings. The summed E-state index contributed by atoms with van der Waals surface area (Å²) in [6, 6.07) is 5.00. The minimum Gasteiger partial charge on any atom is -0.298 e. The van der Waals surface area contributed by atoms with E-state index in [2.05, 4.69) is 17.2 Å². The summed E-state index contributed by atoms with van der Waals surface area (Å²) in [5, 5.41) is 3.16. The van der Waals surface area contributed by atoms with Gasteiger partial charge in [0.05, 0.1) is 0 Å². The van der Waals surface area contributed by atoms with Crippen molar-refractivity contribution < 1.29 is 4.39 Å². The Morgan fingerprint density at radius 1 is 1.33 bits per heavy atom. The van der Waals surface area contributed by atoms with E-state index < -0.39 is 0 Å². The van der Waals surface area contributed by atoms with Crippen molar-refractivity contribution in [3.05, 3.63) is 35.0 Å². The molecule has 0 radical (unpaired) electrons. The molecule has 4 heteroatoms. The van der Waals surface area contributed by atoms with E-state index >= 15 is 0 Å². The molecule has 1 heterocycles. The largest absolute Gasteiger partial charge is 0.298 e. The fourth-order valence-electron chi connectivity index (χ4n) is 2.12. The topological polar surface area (TPSA) is 3.24 Å². The van der Waals surface area contributed by atoms with Crippen LogP contribution in [0.25, 0.3) is 10.1 Å². The van der Waals surface area contributed by atoms with Crippen molar-refractivity contribution in [2.45, 2.75) is 19.9 Å². The van der Waals surface area contributed by atoms with E-state index in [-0.39, 0.29) is 5.82 Å². The van der Waals surface area contributed by atoms with Crippen LogP contribution in [0.2, 0.25) is 0 Å². The lowest BCUT2D eigenvalue weighted by Crippen LogP contribution is -2.26. The number of benzene rings is 1. The van der Waals surface area contributed by atoms with Gasteiger partial charge < -0.3 is 0 Å². The Balaban J connectivity index is 2.21. The zero-order valence-corrected chi connectivity index (χ0v) is 12.0. The molecule has 0 fully saturated rings. The minimum absolute atomic E-state index is 0.165. The quantitative estimate of drug-likeness (QED) is 0.707. The Morgan fingerprint density at radius 3 is 2.89 bits per heavy atom. The lowest BCUT2D eigenvalue weighted by atomic mass is 10.1. The summed E-state index contributed by atoms with van der Waals surface area (Å²) in [7, 11) is 0. The number of thiophene rings is 1. The van der Waals surface area contributed by atoms with E-state index in [9.17, 15) is 4.39 Å². The average Bonchev–Trinajstić information content (AvgIpc) is 2.73. The molecule has 1 aromatic heterocycles. The van der Waals surface area contributed by atoms with E-state index in [4.69, 9.17) is 11.6 Å². The summed E-state index contributed by atoms with van der Waals surface area (Å²) < 4.78 is 14.4. The third-order valence-corrected chi connectivity index (χ3v) is 4.13. The van der Waals surface area contributed by atoms with Crippen LogP contribution in [0.4, 0.5) is 4.39 Å². The maximum atomic E-state index is 13.3. The predicted molar refractivity (Wildman–Crippen MR) is 78.1 cm³/mol. The third kappa shape index (κ3) is 3.22. The first-order valence-electron chi connectivity index (χ1n) is 6.18. The second kappa shape index (κ2) is 6.50. The van der Waals surface area contributed by atoms with E-state index in [0.29, 0.717) is 5.88 Å². The van der Waals surface area contributed by atoms with Crippen molar-refractivity contribution in [2.24, 2.45) is 0 Å². The van der Waals surface area contributed by atoms with Gasteiger partial charge in [-0.2, -0.15) is 0 Å². The van der Waals surface area contributed by atoms with Gasteiger partial charge in [-0.1, -0.05) is 6.92 Å². The molecular weight excluding hydrogens is 269 g/mol. The summed E-state index contributed by atoms with van der Waals surface area (Å²) in [5.74, 6) is 0.470. The fraction of sp³-hybridized carbons (Fsp3) is 0.429. The molecule has 18 heavy (non-hydrogen) atoms. The summed E-state index contributed by atoms with van der Waals surface area (Å²) in [5.41, 5.74) is 1.20. The first-order valence-corrected chi connectivity index (χ1v) is 7.60. The van der Waals surface area contributed by atoms with Crippen LogP contribution in [-0.4, -0.2) is 23.9 Å². The molecule has 0 atom stereocenters. The normalized spacial score (nSPS) is 11.6. The van der Waals surface area contributed by atoms with E-state index in [1.54, 1.807) is 17.4 Å². The Morgan fingerprint density at radius 2 is 2.17 bits per heavy atom. The van der Waals surface area contributed by atoms with Crippen molar-refractivity contribution >= 4 is 33.0 Å². The molecule has 0 saturated heterocycles. The summed E-state index contributed by atoms with van der Waals surface area (Å²) in [6.45, 7) is 4.91. The van der Waals surface area contributed by atoms with E-state index in [1.807, 2.05) is 6.07 Å². The minimum atomic E-state index is -0.165. The second-order valence-corrected chi connectivity index (χ2v) is 5.66. The van der Waals surface area contributed by atoms with Crippen LogP contribution in [0.15, 0.2) is 23.6 Å². The molecule has 0 spiro atoms. The lowest BCUT2D eigenvalue weighted by molar-refractivity contribution is 0.283. The molecule has 1 aromatic carbocycles. The Hall–Kier alpha value is -0.640. The first-order chi connectivity index (χ1) is 8.74. The molecule has 1 nitrogen and oxygen atoms in total. The van der Waals surface area contributed by atoms with Gasteiger partial charge in [0, 0.05) is 23.7 Å². The van der Waals surface area contributed by atoms with Gasteiger partial charge in [0.25, 0.3) is 0 Å². The fourth-order valence-corrected chi connectivity index (χ4v) is 3.30. The molecular formula is C14H17ClFNS. The standard InChI is InChI=1S/C14H17ClFNS/c1-2-6-17(7-5-15)9-11-10-18-14-4-3-12(16)8-13(11)14/h3-4,8,10H,2,5-7,9H2,1H3. The molecule has 0 unspecified atom stereocenters. The van der Waals surface area contributed by atoms with Crippen LogP contribution in [0.5, 0.6) is 0 Å². The molecule has 2 rings (SSSR count). The number of fused-ring (bicyclic) bond motifs is 1. The monoisotopic (exact) mass is 285 g/mol. The SMILES string of the molecule is CCCN(CCCl)Cc1csc2ccc(F)cc12. The van der Waals surface area contributed by atoms with Crippen molar-refractivity contribution in [3.63, 3.8) is 0 Å². The van der Waals surface area contributed by atoms with Crippen molar-refractivity contribution in [1.29, 1.82) is 0 Å². The molecule has 2 aromatic rings. The molecule has 0 bridgehead atoms. The van der Waals surface area contributed by atoms with Crippen molar-refractivity contribution in [1.82, 2.24) is 4.90 Å². The van der Waals surface area contributed by atoms with Crippen LogP contribution >= 0.6 is 22.9 Å². The van der Waals surface area contributed by atoms with Gasteiger partial charge in [0.15, 0.2) is 0 Å². The van der Waals surface area contributed by atoms with Gasteiger partial charge >= 0.3 is 0 Å². The van der Waals surface area contributed by atoms with Crippen LogP contribution in [0.1, 0.15) is 18.9 Å². The maximum absolute atomic E-state index is 13.3. The highest BCUT2D eigenvalue weighted by Crippen LogP contribution is 2.27. The van der Waals surface area contributed by atoms with Gasteiger partial charge in [-0.15, -0.1) is 22.9 Å². The zero-order valence-electron chi connectivity index (χ0n) is 10.5. The first kappa shape index (κ1) is 13.8. The van der Waals surface area contributed by atoms with Crippen LogP contribution in [0.3, 0.4) is 0 Å². The summed E-state index contributed by atoms with van der Waals surface area (Å²) in [4.78, 5) is 2.32. The van der Waals surface area contributed by atoms with E-state index in [1.165, 1.54) is 11.6 Å². The number of alkyl halides is 1. The van der Waals surface area contributed by atoms with Crippen LogP contribution in [-0.2, 0) is 6.54 Å². The Kier molecular flexibility index (Phi) is 4.98. The average molecular weight is 286 g/mol. The predicted octanol–water partition coefficient (Wildman–Crippen LogP) is 4.49. The molecule has 98 valence electrons. The number of hydrogen-bond donors (Lipinski definition) is 0. The smallest absolute Gasteiger partial charge is 0.123 e. The zero-order chi connectivity index (χ0) is 13.0. The number of halogens is 2. The van der Waals surface area contributed by atoms with Gasteiger partial charge in [-0.05, 0) is 47.5 Å². The molecule has 0 aliphatic heterocycles. The molecule has 0 amide bonds. The number of rotatable bonds is 6. The lowest BCUT2D eigenvalue weighted by Gasteiger charge is -2.20. The van der Waals surface area contributed by atoms with Crippen LogP contribution in [0, 0.1) is 5.82 Å². The highest BCUT2D eigenvalue weighted by Gasteiger charge is 2.09. The highest BCUT2D eigenvalue weighted by molar-refractivity contribution is 7.17. The summed E-state index contributed by atoms with van der Waals surface area (Å²) >= 11 is 7.49. The van der Waals surface area contributed by atoms with Crippen molar-refractivity contribution in [3.8, 4) is 0 Å². The Labute approximate surface area is 116 Å². The molecule has 0 aliphatic carbocycles. The van der Waals surface area contributed by atoms with Gasteiger partial charge in [-0.3, -0.25) is 4.90 Å². The van der Waals surface area contributed by atoms with Crippen LogP contribution < -0.4 is 0 Å². The summed E-state index contributed by atoms with van der Waals surface area (Å²) in [6.07, 6.45) is 1.10.